The van der Waals surface area contributed by atoms with E-state index < -0.39 is 6.04 Å². The summed E-state index contributed by atoms with van der Waals surface area (Å²) in [4.78, 5) is 31.9. The molecule has 0 saturated heterocycles. The monoisotopic (exact) mass is 535 g/mol. The minimum atomic E-state index is -0.530. The van der Waals surface area contributed by atoms with E-state index in [1.165, 1.54) is 11.3 Å². The molecule has 1 unspecified atom stereocenters. The molecule has 6 rings (SSSR count). The van der Waals surface area contributed by atoms with Gasteiger partial charge in [0.15, 0.2) is 5.82 Å². The molecular weight excluding hydrogens is 510 g/mol. The van der Waals surface area contributed by atoms with Gasteiger partial charge >= 0.3 is 0 Å². The van der Waals surface area contributed by atoms with Crippen molar-refractivity contribution in [1.29, 1.82) is 0 Å². The Labute approximate surface area is 227 Å². The Kier molecular flexibility index (Phi) is 6.29. The van der Waals surface area contributed by atoms with Gasteiger partial charge in [-0.1, -0.05) is 42.5 Å². The number of benzene rings is 2. The Bertz CT molecular complexity index is 1800. The first kappa shape index (κ1) is 24.4. The number of aromatic nitrogens is 4. The molecule has 0 aliphatic carbocycles. The first-order valence-corrected chi connectivity index (χ1v) is 13.4. The summed E-state index contributed by atoms with van der Waals surface area (Å²) >= 11 is 1.52. The summed E-state index contributed by atoms with van der Waals surface area (Å²) in [6.45, 7) is 2.42. The minimum Gasteiger partial charge on any atom is -0.381 e. The summed E-state index contributed by atoms with van der Waals surface area (Å²) in [5.74, 6) is 0.288. The number of carbonyl (C=O) groups is 1. The number of fused-ring (bicyclic) bond motifs is 2. The Morgan fingerprint density at radius 3 is 2.82 bits per heavy atom. The fraction of sp³-hybridized carbons (Fsp3) is 0.103. The van der Waals surface area contributed by atoms with Crippen LogP contribution in [0.2, 0.25) is 0 Å². The number of nitrogens with two attached hydrogens (primary N) is 1. The lowest BCUT2D eigenvalue weighted by Crippen LogP contribution is -2.32. The molecule has 1 aliphatic rings. The maximum absolute atomic E-state index is 14.1. The lowest BCUT2D eigenvalue weighted by Gasteiger charge is -2.22. The lowest BCUT2D eigenvalue weighted by molar-refractivity contribution is 0.0940. The number of anilines is 2. The van der Waals surface area contributed by atoms with Crippen molar-refractivity contribution in [3.8, 4) is 5.69 Å². The standard InChI is InChI=1S/C29H25N7O2S/c1-18(33-28(37)25-26(30)34-35-14-6-13-31-27(25)35)23-15-20-8-5-7-19(11-12-21-16-39-17-32-21)24(20)29(38)36(23)22-9-3-2-4-10-22/h2-12,14-18,31H,13H2,1H3,(H2,30,34)(H,33,37)/b12-11+. The molecule has 1 amide bonds. The van der Waals surface area contributed by atoms with Crippen LogP contribution in [0.5, 0.6) is 0 Å². The number of nitrogen functional groups attached to an aromatic ring is 1. The van der Waals surface area contributed by atoms with E-state index in [9.17, 15) is 9.59 Å². The highest BCUT2D eigenvalue weighted by Crippen LogP contribution is 2.27. The molecule has 0 bridgehead atoms. The maximum atomic E-state index is 14.1. The van der Waals surface area contributed by atoms with Crippen molar-refractivity contribution in [3.63, 3.8) is 0 Å². The van der Waals surface area contributed by atoms with Gasteiger partial charge in [0, 0.05) is 29.5 Å². The van der Waals surface area contributed by atoms with Crippen molar-refractivity contribution in [2.75, 3.05) is 17.6 Å². The third-order valence-corrected chi connectivity index (χ3v) is 7.20. The lowest BCUT2D eigenvalue weighted by atomic mass is 10.0. The Balaban J connectivity index is 1.45. The highest BCUT2D eigenvalue weighted by molar-refractivity contribution is 7.07. The molecule has 0 radical (unpaired) electrons. The molecule has 4 heterocycles. The van der Waals surface area contributed by atoms with Crippen LogP contribution in [0.4, 0.5) is 11.6 Å². The van der Waals surface area contributed by atoms with E-state index in [0.717, 1.165) is 16.6 Å². The molecule has 0 spiro atoms. The van der Waals surface area contributed by atoms with Crippen molar-refractivity contribution in [3.05, 3.63) is 104 Å². The van der Waals surface area contributed by atoms with E-state index >= 15 is 0 Å². The maximum Gasteiger partial charge on any atom is 0.263 e. The van der Waals surface area contributed by atoms with Gasteiger partial charge in [0.1, 0.15) is 11.4 Å². The molecule has 3 aromatic heterocycles. The second-order valence-electron chi connectivity index (χ2n) is 9.12. The van der Waals surface area contributed by atoms with Gasteiger partial charge < -0.3 is 16.4 Å². The summed E-state index contributed by atoms with van der Waals surface area (Å²) in [6.07, 6.45) is 7.46. The van der Waals surface area contributed by atoms with Crippen molar-refractivity contribution in [2.45, 2.75) is 13.0 Å². The third kappa shape index (κ3) is 4.51. The zero-order chi connectivity index (χ0) is 26.9. The van der Waals surface area contributed by atoms with Crippen LogP contribution < -0.4 is 21.9 Å². The molecule has 0 saturated carbocycles. The molecule has 10 heteroatoms. The summed E-state index contributed by atoms with van der Waals surface area (Å²) in [6, 6.07) is 16.6. The summed E-state index contributed by atoms with van der Waals surface area (Å²) < 4.78 is 3.21. The first-order chi connectivity index (χ1) is 19.0. The molecule has 5 aromatic rings. The Morgan fingerprint density at radius 1 is 1.18 bits per heavy atom. The molecule has 0 fully saturated rings. The molecule has 9 nitrogen and oxygen atoms in total. The predicted molar refractivity (Wildman–Crippen MR) is 157 cm³/mol. The predicted octanol–water partition coefficient (Wildman–Crippen LogP) is 4.78. The van der Waals surface area contributed by atoms with E-state index in [1.807, 2.05) is 85.1 Å². The van der Waals surface area contributed by atoms with Crippen molar-refractivity contribution < 1.29 is 4.79 Å². The van der Waals surface area contributed by atoms with Crippen LogP contribution >= 0.6 is 11.3 Å². The van der Waals surface area contributed by atoms with Crippen LogP contribution in [0.25, 0.3) is 34.8 Å². The number of hydrogen-bond donors (Lipinski definition) is 3. The van der Waals surface area contributed by atoms with E-state index in [-0.39, 0.29) is 22.8 Å². The number of para-hydroxylation sites is 1. The third-order valence-electron chi connectivity index (χ3n) is 6.60. The minimum absolute atomic E-state index is 0.129. The highest BCUT2D eigenvalue weighted by atomic mass is 32.1. The number of pyridine rings is 1. The van der Waals surface area contributed by atoms with Crippen LogP contribution in [-0.2, 0) is 0 Å². The molecule has 1 aliphatic heterocycles. The zero-order valence-electron chi connectivity index (χ0n) is 21.0. The van der Waals surface area contributed by atoms with Gasteiger partial charge in [-0.3, -0.25) is 14.2 Å². The number of hydrogen-bond acceptors (Lipinski definition) is 7. The van der Waals surface area contributed by atoms with Gasteiger partial charge in [-0.2, -0.15) is 0 Å². The molecular formula is C29H25N7O2S. The zero-order valence-corrected chi connectivity index (χ0v) is 21.9. The first-order valence-electron chi connectivity index (χ1n) is 12.4. The second-order valence-corrected chi connectivity index (χ2v) is 9.84. The van der Waals surface area contributed by atoms with Crippen LogP contribution in [-0.4, -0.2) is 31.8 Å². The van der Waals surface area contributed by atoms with Gasteiger partial charge in [0.25, 0.3) is 11.5 Å². The van der Waals surface area contributed by atoms with Gasteiger partial charge in [-0.25, -0.2) is 9.67 Å². The summed E-state index contributed by atoms with van der Waals surface area (Å²) in [5, 5.41) is 13.7. The quantitative estimate of drug-likeness (QED) is 0.288. The second kappa shape index (κ2) is 10.1. The van der Waals surface area contributed by atoms with Gasteiger partial charge in [-0.05, 0) is 48.2 Å². The normalized spacial score (nSPS) is 13.4. The van der Waals surface area contributed by atoms with Crippen molar-refractivity contribution in [2.24, 2.45) is 0 Å². The van der Waals surface area contributed by atoms with Crippen molar-refractivity contribution in [1.82, 2.24) is 24.6 Å². The van der Waals surface area contributed by atoms with E-state index in [0.29, 0.717) is 29.1 Å². The van der Waals surface area contributed by atoms with Crippen LogP contribution in [0.3, 0.4) is 0 Å². The average molecular weight is 536 g/mol. The van der Waals surface area contributed by atoms with Crippen LogP contribution in [0, 0.1) is 0 Å². The van der Waals surface area contributed by atoms with Crippen LogP contribution in [0.15, 0.2) is 76.4 Å². The highest BCUT2D eigenvalue weighted by Gasteiger charge is 2.26. The summed E-state index contributed by atoms with van der Waals surface area (Å²) in [7, 11) is 0. The van der Waals surface area contributed by atoms with Gasteiger partial charge in [0.2, 0.25) is 0 Å². The SMILES string of the molecule is CC(NC(=O)c1c(N)nn2c1NCC=C2)c1cc2cccc(/C=C/c3cscn3)c2c(=O)n1-c1ccccc1. The largest absolute Gasteiger partial charge is 0.381 e. The number of nitrogens with zero attached hydrogens (tertiary/aromatic N) is 4. The van der Waals surface area contributed by atoms with E-state index in [1.54, 1.807) is 21.0 Å². The molecule has 4 N–H and O–H groups in total. The Morgan fingerprint density at radius 2 is 2.03 bits per heavy atom. The van der Waals surface area contributed by atoms with E-state index in [4.69, 9.17) is 5.73 Å². The molecule has 194 valence electrons. The molecule has 1 atom stereocenters. The van der Waals surface area contributed by atoms with E-state index in [2.05, 4.69) is 20.7 Å². The molecule has 2 aromatic carbocycles. The number of thiazole rings is 1. The topological polar surface area (TPSA) is 120 Å². The van der Waals surface area contributed by atoms with Gasteiger partial charge in [0.05, 0.1) is 22.6 Å². The average Bonchev–Trinajstić information content (AvgIpc) is 3.59. The summed E-state index contributed by atoms with van der Waals surface area (Å²) in [5.41, 5.74) is 10.9. The number of amides is 1. The number of carbonyl (C=O) groups excluding carboxylic acids is 1. The van der Waals surface area contributed by atoms with Gasteiger partial charge in [-0.15, -0.1) is 16.4 Å². The Hall–Kier alpha value is -4.96. The molecule has 39 heavy (non-hydrogen) atoms. The fourth-order valence-electron chi connectivity index (χ4n) is 4.79. The number of nitrogens with one attached hydrogen (secondary N) is 2. The fourth-order valence-corrected chi connectivity index (χ4v) is 5.32. The smallest absolute Gasteiger partial charge is 0.263 e. The van der Waals surface area contributed by atoms with Crippen molar-refractivity contribution >= 4 is 58.0 Å². The number of rotatable bonds is 6. The van der Waals surface area contributed by atoms with Crippen LogP contribution in [0.1, 0.15) is 40.3 Å².